The van der Waals surface area contributed by atoms with Gasteiger partial charge in [-0.15, -0.1) is 10.2 Å². The highest BCUT2D eigenvalue weighted by atomic mass is 79.9. The molecule has 0 atom stereocenters. The van der Waals surface area contributed by atoms with Gasteiger partial charge in [0.15, 0.2) is 5.78 Å². The average Bonchev–Trinajstić information content (AvgIpc) is 3.18. The van der Waals surface area contributed by atoms with Gasteiger partial charge in [0.05, 0.1) is 18.5 Å². The number of rotatable bonds is 3. The Labute approximate surface area is 183 Å². The molecule has 0 amide bonds. The Kier molecular flexibility index (Phi) is 4.95. The van der Waals surface area contributed by atoms with Crippen LogP contribution in [0.2, 0.25) is 0 Å². The lowest BCUT2D eigenvalue weighted by Crippen LogP contribution is -2.50. The second-order valence-electron chi connectivity index (χ2n) is 8.17. The maximum atomic E-state index is 12.7. The lowest BCUT2D eigenvalue weighted by molar-refractivity contribution is -0.0123. The molecule has 1 aromatic heterocycles. The van der Waals surface area contributed by atoms with Crippen LogP contribution in [0.15, 0.2) is 51.4 Å². The number of nitrogens with zero attached hydrogens (tertiary/aromatic N) is 3. The molecule has 2 aliphatic heterocycles. The number of aryl methyl sites for hydroxylation is 1. The Morgan fingerprint density at radius 2 is 1.87 bits per heavy atom. The van der Waals surface area contributed by atoms with E-state index in [4.69, 9.17) is 9.15 Å². The number of ketones is 1. The van der Waals surface area contributed by atoms with Crippen LogP contribution in [-0.4, -0.2) is 39.6 Å². The van der Waals surface area contributed by atoms with E-state index >= 15 is 0 Å². The van der Waals surface area contributed by atoms with E-state index in [9.17, 15) is 4.79 Å². The van der Waals surface area contributed by atoms with E-state index in [1.54, 1.807) is 0 Å². The van der Waals surface area contributed by atoms with Crippen molar-refractivity contribution in [2.75, 3.05) is 13.1 Å². The number of carbonyl (C=O) groups is 1. The summed E-state index contributed by atoms with van der Waals surface area (Å²) in [6, 6.07) is 13.7. The highest BCUT2D eigenvalue weighted by Gasteiger charge is 2.43. The van der Waals surface area contributed by atoms with Gasteiger partial charge in [-0.1, -0.05) is 33.6 Å². The molecule has 0 radical (unpaired) electrons. The zero-order chi connectivity index (χ0) is 20.7. The SMILES string of the molecule is Cc1ccc(-c2nnc(CN3CCC4(CC3)CC(=O)c3ccc(Br)cc3O4)o2)cc1. The lowest BCUT2D eigenvalue weighted by Gasteiger charge is -2.43. The van der Waals surface area contributed by atoms with E-state index in [0.29, 0.717) is 36.1 Å². The Balaban J connectivity index is 1.24. The summed E-state index contributed by atoms with van der Waals surface area (Å²) < 4.78 is 13.1. The van der Waals surface area contributed by atoms with Crippen molar-refractivity contribution in [3.05, 3.63) is 64.0 Å². The highest BCUT2D eigenvalue weighted by Crippen LogP contribution is 2.40. The smallest absolute Gasteiger partial charge is 0.247 e. The van der Waals surface area contributed by atoms with Gasteiger partial charge in [0.1, 0.15) is 11.4 Å². The predicted octanol–water partition coefficient (Wildman–Crippen LogP) is 4.81. The van der Waals surface area contributed by atoms with Gasteiger partial charge in [0.2, 0.25) is 11.8 Å². The summed E-state index contributed by atoms with van der Waals surface area (Å²) >= 11 is 3.47. The molecule has 0 unspecified atom stereocenters. The lowest BCUT2D eigenvalue weighted by atomic mass is 9.82. The maximum absolute atomic E-state index is 12.7. The van der Waals surface area contributed by atoms with Crippen LogP contribution in [0.4, 0.5) is 0 Å². The summed E-state index contributed by atoms with van der Waals surface area (Å²) in [5.74, 6) is 2.00. The number of Topliss-reactive ketones (excluding diaryl/α,β-unsaturated/α-hetero) is 1. The summed E-state index contributed by atoms with van der Waals surface area (Å²) in [6.07, 6.45) is 2.03. The van der Waals surface area contributed by atoms with Crippen LogP contribution in [0, 0.1) is 6.92 Å². The second kappa shape index (κ2) is 7.63. The van der Waals surface area contributed by atoms with Gasteiger partial charge in [-0.3, -0.25) is 9.69 Å². The van der Waals surface area contributed by atoms with Crippen molar-refractivity contribution in [1.29, 1.82) is 0 Å². The van der Waals surface area contributed by atoms with E-state index in [1.165, 1.54) is 5.56 Å². The molecule has 0 aliphatic carbocycles. The molecule has 30 heavy (non-hydrogen) atoms. The third kappa shape index (κ3) is 3.79. The van der Waals surface area contributed by atoms with E-state index in [0.717, 1.165) is 36.0 Å². The van der Waals surface area contributed by atoms with Gasteiger partial charge in [-0.05, 0) is 37.3 Å². The number of aromatic nitrogens is 2. The number of benzene rings is 2. The zero-order valence-electron chi connectivity index (χ0n) is 16.7. The van der Waals surface area contributed by atoms with Crippen molar-refractivity contribution in [2.24, 2.45) is 0 Å². The molecule has 0 saturated carbocycles. The first-order valence-corrected chi connectivity index (χ1v) is 10.9. The number of carbonyl (C=O) groups excluding carboxylic acids is 1. The molecule has 5 rings (SSSR count). The van der Waals surface area contributed by atoms with Crippen LogP contribution in [0.3, 0.4) is 0 Å². The summed E-state index contributed by atoms with van der Waals surface area (Å²) in [5.41, 5.74) is 2.39. The first kappa shape index (κ1) is 19.5. The molecule has 154 valence electrons. The molecule has 7 heteroatoms. The fraction of sp³-hybridized carbons (Fsp3) is 0.348. The van der Waals surface area contributed by atoms with Crippen molar-refractivity contribution in [1.82, 2.24) is 15.1 Å². The molecular weight excluding hydrogens is 446 g/mol. The van der Waals surface area contributed by atoms with Crippen LogP contribution < -0.4 is 4.74 Å². The van der Waals surface area contributed by atoms with E-state index in [1.807, 2.05) is 49.4 Å². The van der Waals surface area contributed by atoms with Gasteiger partial charge in [-0.2, -0.15) is 0 Å². The summed E-state index contributed by atoms with van der Waals surface area (Å²) in [5, 5.41) is 8.41. The Hall–Kier alpha value is -2.51. The summed E-state index contributed by atoms with van der Waals surface area (Å²) in [6.45, 7) is 4.29. The van der Waals surface area contributed by atoms with Crippen LogP contribution in [0.25, 0.3) is 11.5 Å². The van der Waals surface area contributed by atoms with Crippen molar-refractivity contribution in [3.63, 3.8) is 0 Å². The predicted molar refractivity (Wildman–Crippen MR) is 115 cm³/mol. The number of likely N-dealkylation sites (tertiary alicyclic amines) is 1. The third-order valence-corrected chi connectivity index (χ3v) is 6.44. The molecule has 2 aromatic carbocycles. The molecule has 3 aromatic rings. The van der Waals surface area contributed by atoms with Crippen LogP contribution >= 0.6 is 15.9 Å². The fourth-order valence-electron chi connectivity index (χ4n) is 4.19. The number of hydrogen-bond donors (Lipinski definition) is 0. The molecule has 1 saturated heterocycles. The molecule has 1 spiro atoms. The summed E-state index contributed by atoms with van der Waals surface area (Å²) in [4.78, 5) is 14.9. The summed E-state index contributed by atoms with van der Waals surface area (Å²) in [7, 11) is 0. The minimum atomic E-state index is -0.413. The van der Waals surface area contributed by atoms with Crippen LogP contribution in [0.1, 0.15) is 41.1 Å². The highest BCUT2D eigenvalue weighted by molar-refractivity contribution is 9.10. The topological polar surface area (TPSA) is 68.5 Å². The minimum absolute atomic E-state index is 0.164. The van der Waals surface area contributed by atoms with E-state index < -0.39 is 5.60 Å². The molecule has 0 N–H and O–H groups in total. The van der Waals surface area contributed by atoms with E-state index in [2.05, 4.69) is 31.0 Å². The van der Waals surface area contributed by atoms with Crippen molar-refractivity contribution in [2.45, 2.75) is 38.3 Å². The Bertz CT molecular complexity index is 1090. The number of ether oxygens (including phenoxy) is 1. The number of hydrogen-bond acceptors (Lipinski definition) is 6. The Morgan fingerprint density at radius 1 is 1.10 bits per heavy atom. The van der Waals surface area contributed by atoms with Crippen LogP contribution in [-0.2, 0) is 6.54 Å². The number of piperidine rings is 1. The number of halogens is 1. The average molecular weight is 468 g/mol. The van der Waals surface area contributed by atoms with Crippen molar-refractivity contribution < 1.29 is 13.9 Å². The maximum Gasteiger partial charge on any atom is 0.247 e. The molecule has 3 heterocycles. The van der Waals surface area contributed by atoms with Gasteiger partial charge in [-0.25, -0.2) is 0 Å². The molecular formula is C23H22BrN3O3. The molecule has 6 nitrogen and oxygen atoms in total. The van der Waals surface area contributed by atoms with Crippen molar-refractivity contribution >= 4 is 21.7 Å². The second-order valence-corrected chi connectivity index (χ2v) is 9.08. The molecule has 2 aliphatic rings. The Morgan fingerprint density at radius 3 is 2.63 bits per heavy atom. The first-order valence-electron chi connectivity index (χ1n) is 10.1. The van der Waals surface area contributed by atoms with Gasteiger partial charge in [0.25, 0.3) is 0 Å². The fourth-order valence-corrected chi connectivity index (χ4v) is 4.53. The van der Waals surface area contributed by atoms with Gasteiger partial charge < -0.3 is 9.15 Å². The van der Waals surface area contributed by atoms with Gasteiger partial charge >= 0.3 is 0 Å². The van der Waals surface area contributed by atoms with Crippen molar-refractivity contribution in [3.8, 4) is 17.2 Å². The monoisotopic (exact) mass is 467 g/mol. The van der Waals surface area contributed by atoms with E-state index in [-0.39, 0.29) is 5.78 Å². The van der Waals surface area contributed by atoms with Gasteiger partial charge in [0, 0.05) is 36.0 Å². The van der Waals surface area contributed by atoms with Crippen LogP contribution in [0.5, 0.6) is 5.75 Å². The number of fused-ring (bicyclic) bond motifs is 1. The zero-order valence-corrected chi connectivity index (χ0v) is 18.3. The normalized spacial score (nSPS) is 18.3. The standard InChI is InChI=1S/C23H22BrN3O3/c1-15-2-4-16(5-3-15)22-26-25-21(29-22)14-27-10-8-23(9-11-27)13-19(28)18-7-6-17(24)12-20(18)30-23/h2-7,12H,8-11,13-14H2,1H3. The first-order chi connectivity index (χ1) is 14.5. The quantitative estimate of drug-likeness (QED) is 0.550. The largest absolute Gasteiger partial charge is 0.486 e. The minimum Gasteiger partial charge on any atom is -0.486 e. The molecule has 1 fully saturated rings. The third-order valence-electron chi connectivity index (χ3n) is 5.94. The molecule has 0 bridgehead atoms.